The normalized spacial score (nSPS) is 7.36. The van der Waals surface area contributed by atoms with Crippen LogP contribution < -0.4 is 34.9 Å². The molecule has 0 spiro atoms. The molecule has 0 aliphatic carbocycles. The van der Waals surface area contributed by atoms with Crippen molar-refractivity contribution in [2.24, 2.45) is 0 Å². The maximum Gasteiger partial charge on any atom is 1.00 e. The van der Waals surface area contributed by atoms with Crippen LogP contribution in [0.4, 0.5) is 4.79 Å². The summed E-state index contributed by atoms with van der Waals surface area (Å²) in [5.74, 6) is 0. The van der Waals surface area contributed by atoms with Gasteiger partial charge in [-0.25, -0.2) is 0 Å². The molecule has 0 aromatic rings. The van der Waals surface area contributed by atoms with E-state index in [2.05, 4.69) is 68.5 Å². The Balaban J connectivity index is -0.000000140. The van der Waals surface area contributed by atoms with Gasteiger partial charge in [-0.3, -0.25) is 0 Å². The fourth-order valence-electron chi connectivity index (χ4n) is 0.105. The molecule has 62 valence electrons. The summed E-state index contributed by atoms with van der Waals surface area (Å²) >= 11 is 18.8. The summed E-state index contributed by atoms with van der Waals surface area (Å²) in [7, 11) is 0. The van der Waals surface area contributed by atoms with Gasteiger partial charge in [-0.15, -0.1) is 25.3 Å². The summed E-state index contributed by atoms with van der Waals surface area (Å²) in [5, 5.41) is 2.32. The molecule has 0 heterocycles. The van der Waals surface area contributed by atoms with Crippen LogP contribution in [-0.4, -0.2) is 15.0 Å². The molecule has 0 aliphatic heterocycles. The zero-order valence-electron chi connectivity index (χ0n) is 5.89. The van der Waals surface area contributed by atoms with E-state index in [9.17, 15) is 4.79 Å². The van der Waals surface area contributed by atoms with Crippen LogP contribution in [0.5, 0.6) is 0 Å². The standard InChI is InChI=1S/C2H5NOS3.CH4S2.Na/c4-1(5)3-2(6)7;2-1-3;/h2,6-7H,(H2,3,4,5);2-3H,1H2;/q;;+1/p-1. The van der Waals surface area contributed by atoms with Crippen LogP contribution in [0, 0.1) is 0 Å². The monoisotopic (exact) mass is 257 g/mol. The van der Waals surface area contributed by atoms with Crippen molar-refractivity contribution < 1.29 is 34.4 Å². The molecule has 0 unspecified atom stereocenters. The number of hydrogen-bond donors (Lipinski definition) is 5. The van der Waals surface area contributed by atoms with Gasteiger partial charge in [0.1, 0.15) is 4.71 Å². The van der Waals surface area contributed by atoms with Crippen molar-refractivity contribution in [2.75, 3.05) is 5.08 Å². The third-order valence-corrected chi connectivity index (χ3v) is 0.623. The SMILES string of the molecule is O=C([S-])NC(S)S.SCS.[Na+]. The van der Waals surface area contributed by atoms with Gasteiger partial charge in [-0.1, -0.05) is 0 Å². The van der Waals surface area contributed by atoms with Crippen molar-refractivity contribution in [1.29, 1.82) is 0 Å². The van der Waals surface area contributed by atoms with Gasteiger partial charge in [0.2, 0.25) is 0 Å². The Morgan fingerprint density at radius 3 is 1.73 bits per heavy atom. The Morgan fingerprint density at radius 1 is 1.45 bits per heavy atom. The van der Waals surface area contributed by atoms with Crippen molar-refractivity contribution in [3.05, 3.63) is 0 Å². The van der Waals surface area contributed by atoms with Crippen LogP contribution in [0.15, 0.2) is 0 Å². The second-order valence-electron chi connectivity index (χ2n) is 0.947. The van der Waals surface area contributed by atoms with Gasteiger partial charge in [0.05, 0.1) is 5.24 Å². The van der Waals surface area contributed by atoms with Crippen LogP contribution in [0.1, 0.15) is 0 Å². The van der Waals surface area contributed by atoms with Crippen LogP contribution >= 0.6 is 50.5 Å². The molecule has 0 saturated carbocycles. The van der Waals surface area contributed by atoms with Gasteiger partial charge in [0.25, 0.3) is 0 Å². The van der Waals surface area contributed by atoms with E-state index < -0.39 is 9.95 Å². The third-order valence-electron chi connectivity index (χ3n) is 0.247. The van der Waals surface area contributed by atoms with Gasteiger partial charge >= 0.3 is 29.6 Å². The molecule has 0 aliphatic rings. The van der Waals surface area contributed by atoms with Crippen molar-refractivity contribution in [1.82, 2.24) is 5.32 Å². The number of carbonyl (C=O) groups is 1. The van der Waals surface area contributed by atoms with E-state index >= 15 is 0 Å². The van der Waals surface area contributed by atoms with Crippen molar-refractivity contribution in [3.8, 4) is 0 Å². The summed E-state index contributed by atoms with van der Waals surface area (Å²) in [5.41, 5.74) is 0. The molecule has 11 heavy (non-hydrogen) atoms. The van der Waals surface area contributed by atoms with Crippen LogP contribution in [0.3, 0.4) is 0 Å². The number of amides is 1. The minimum absolute atomic E-state index is 0. The molecule has 0 atom stereocenters. The Kier molecular flexibility index (Phi) is 25.0. The summed E-state index contributed by atoms with van der Waals surface area (Å²) in [4.78, 5) is 9.86. The largest absolute Gasteiger partial charge is 1.00 e. The van der Waals surface area contributed by atoms with Crippen molar-refractivity contribution >= 4 is 68.4 Å². The minimum atomic E-state index is -0.532. The Bertz CT molecular complexity index is 91.8. The third kappa shape index (κ3) is 33.2. The zero-order chi connectivity index (χ0) is 8.57. The van der Waals surface area contributed by atoms with Crippen molar-refractivity contribution in [3.63, 3.8) is 0 Å². The van der Waals surface area contributed by atoms with Gasteiger partial charge in [-0.2, -0.15) is 25.3 Å². The Hall–Kier alpha value is 2.09. The van der Waals surface area contributed by atoms with Gasteiger partial charge in [0, 0.05) is 5.08 Å². The van der Waals surface area contributed by atoms with Gasteiger partial charge in [0.15, 0.2) is 0 Å². The molecule has 0 radical (unpaired) electrons. The second kappa shape index (κ2) is 14.6. The topological polar surface area (TPSA) is 29.1 Å². The van der Waals surface area contributed by atoms with Crippen LogP contribution in [0.2, 0.25) is 0 Å². The summed E-state index contributed by atoms with van der Waals surface area (Å²) in [6.07, 6.45) is 0. The molecule has 0 saturated heterocycles. The Labute approximate surface area is 116 Å². The average Bonchev–Trinajstić information content (AvgIpc) is 1.62. The summed E-state index contributed by atoms with van der Waals surface area (Å²) in [6.45, 7) is 0. The number of hydrogen-bond acceptors (Lipinski definition) is 6. The first-order valence-corrected chi connectivity index (χ1v) is 4.80. The van der Waals surface area contributed by atoms with E-state index in [1.54, 1.807) is 0 Å². The molecule has 0 fully saturated rings. The fraction of sp³-hybridized carbons (Fsp3) is 0.667. The minimum Gasteiger partial charge on any atom is -0.719 e. The van der Waals surface area contributed by atoms with Crippen molar-refractivity contribution in [2.45, 2.75) is 4.71 Å². The van der Waals surface area contributed by atoms with E-state index in [4.69, 9.17) is 0 Å². The number of rotatable bonds is 1. The first kappa shape index (κ1) is 18.8. The molecule has 0 rings (SSSR count). The van der Waals surface area contributed by atoms with Crippen LogP contribution in [-0.2, 0) is 12.6 Å². The molecule has 1 N–H and O–H groups in total. The molecular formula is C3H8NNaOS5. The molecule has 8 heteroatoms. The molecule has 2 nitrogen and oxygen atoms in total. The fourth-order valence-corrected chi connectivity index (χ4v) is 0.632. The quantitative estimate of drug-likeness (QED) is 0.166. The second-order valence-corrected chi connectivity index (χ2v) is 3.89. The van der Waals surface area contributed by atoms with E-state index in [1.165, 1.54) is 0 Å². The van der Waals surface area contributed by atoms with Crippen LogP contribution in [0.25, 0.3) is 0 Å². The maximum atomic E-state index is 9.86. The molecule has 1 amide bonds. The van der Waals surface area contributed by atoms with E-state index in [1.807, 2.05) is 0 Å². The molecule has 0 aromatic carbocycles. The van der Waals surface area contributed by atoms with E-state index in [0.29, 0.717) is 5.08 Å². The summed E-state index contributed by atoms with van der Waals surface area (Å²) in [6, 6.07) is 0. The number of nitrogens with one attached hydrogen (secondary N) is 1. The molecule has 0 aromatic heterocycles. The smallest absolute Gasteiger partial charge is 0.719 e. The van der Waals surface area contributed by atoms with E-state index in [-0.39, 0.29) is 29.6 Å². The number of thiol groups is 4. The summed E-state index contributed by atoms with van der Waals surface area (Å²) < 4.78 is -0.440. The molecular weight excluding hydrogens is 249 g/mol. The predicted octanol–water partition coefficient (Wildman–Crippen LogP) is -1.81. The number of carbonyl (C=O) groups excluding carboxylic acids is 1. The van der Waals surface area contributed by atoms with Gasteiger partial charge < -0.3 is 22.7 Å². The molecule has 0 bridgehead atoms. The first-order chi connectivity index (χ1) is 4.54. The average molecular weight is 257 g/mol. The first-order valence-electron chi connectivity index (χ1n) is 2.10. The maximum absolute atomic E-state index is 9.86. The van der Waals surface area contributed by atoms with E-state index in [0.717, 1.165) is 0 Å². The zero-order valence-corrected chi connectivity index (χ0v) is 12.3. The predicted molar refractivity (Wildman–Crippen MR) is 60.5 cm³/mol. The van der Waals surface area contributed by atoms with Gasteiger partial charge in [-0.05, 0) is 0 Å². The Morgan fingerprint density at radius 2 is 1.73 bits per heavy atom.